The molecule has 0 nitrogen and oxygen atoms in total. The van der Waals surface area contributed by atoms with Crippen molar-refractivity contribution in [3.8, 4) is 12.3 Å². The average Bonchev–Trinajstić information content (AvgIpc) is 3.26. The van der Waals surface area contributed by atoms with Crippen LogP contribution in [0.1, 0.15) is 80.2 Å². The third-order valence-corrected chi connectivity index (χ3v) is 7.74. The smallest absolute Gasteiger partial charge is 0.0242 e. The standard InChI is InChI=1S/C33H38/c1-6-25-9-11-26(12-10-25)21-27-13-16-29(17-14-27)33(23(3)4)31-18-19-32(28(7-2)22-31)30-15-8-24(5)20-30/h1,8-12,15,18-20,22,24,27,29,33H,3,7,13-14,16-17,21H2,2,4-5H3. The van der Waals surface area contributed by atoms with Crippen molar-refractivity contribution in [1.82, 2.24) is 0 Å². The van der Waals surface area contributed by atoms with Gasteiger partial charge in [0.25, 0.3) is 0 Å². The molecular weight excluding hydrogens is 396 g/mol. The third kappa shape index (κ3) is 5.42. The number of rotatable bonds is 7. The molecule has 2 aromatic carbocycles. The molecule has 170 valence electrons. The lowest BCUT2D eigenvalue weighted by molar-refractivity contribution is 0.253. The Hall–Kier alpha value is -2.78. The highest BCUT2D eigenvalue weighted by Gasteiger charge is 2.29. The average molecular weight is 435 g/mol. The van der Waals surface area contributed by atoms with Gasteiger partial charge in [-0.05, 0) is 103 Å². The van der Waals surface area contributed by atoms with E-state index in [4.69, 9.17) is 6.42 Å². The summed E-state index contributed by atoms with van der Waals surface area (Å²) >= 11 is 0. The Bertz CT molecular complexity index is 1080. The third-order valence-electron chi connectivity index (χ3n) is 7.74. The molecule has 2 aromatic rings. The van der Waals surface area contributed by atoms with Gasteiger partial charge in [-0.1, -0.05) is 80.5 Å². The molecule has 33 heavy (non-hydrogen) atoms. The predicted molar refractivity (Wildman–Crippen MR) is 143 cm³/mol. The highest BCUT2D eigenvalue weighted by molar-refractivity contribution is 5.78. The zero-order chi connectivity index (χ0) is 23.4. The maximum absolute atomic E-state index is 5.50. The molecule has 0 heteroatoms. The first-order chi connectivity index (χ1) is 16.0. The molecule has 4 rings (SSSR count). The van der Waals surface area contributed by atoms with Gasteiger partial charge >= 0.3 is 0 Å². The monoisotopic (exact) mass is 434 g/mol. The number of terminal acetylenes is 1. The van der Waals surface area contributed by atoms with Crippen LogP contribution in [0.25, 0.3) is 5.57 Å². The highest BCUT2D eigenvalue weighted by Crippen LogP contribution is 2.43. The molecule has 2 unspecified atom stereocenters. The van der Waals surface area contributed by atoms with Crippen molar-refractivity contribution in [2.45, 2.75) is 65.2 Å². The SMILES string of the molecule is C#Cc1ccc(CC2CCC(C(C(=C)C)c3ccc(C4=CC(C)C=C4)c(CC)c3)CC2)cc1. The number of benzene rings is 2. The van der Waals surface area contributed by atoms with Gasteiger partial charge in [0.1, 0.15) is 0 Å². The van der Waals surface area contributed by atoms with Gasteiger partial charge in [0, 0.05) is 11.5 Å². The van der Waals surface area contributed by atoms with E-state index < -0.39 is 0 Å². The minimum absolute atomic E-state index is 0.465. The zero-order valence-electron chi connectivity index (χ0n) is 20.6. The van der Waals surface area contributed by atoms with Gasteiger partial charge in [-0.2, -0.15) is 0 Å². The molecule has 0 radical (unpaired) electrons. The number of allylic oxidation sites excluding steroid dienone is 5. The van der Waals surface area contributed by atoms with Gasteiger partial charge < -0.3 is 0 Å². The van der Waals surface area contributed by atoms with Gasteiger partial charge in [0.15, 0.2) is 0 Å². The molecule has 0 heterocycles. The second-order valence-electron chi connectivity index (χ2n) is 10.3. The summed E-state index contributed by atoms with van der Waals surface area (Å²) in [6.45, 7) is 11.2. The minimum Gasteiger partial charge on any atom is -0.115 e. The lowest BCUT2D eigenvalue weighted by Crippen LogP contribution is -2.22. The van der Waals surface area contributed by atoms with Crippen molar-refractivity contribution >= 4 is 5.57 Å². The molecule has 0 saturated heterocycles. The fourth-order valence-electron chi connectivity index (χ4n) is 5.97. The molecular formula is C33H38. The maximum atomic E-state index is 5.50. The van der Waals surface area contributed by atoms with Crippen LogP contribution in [0.3, 0.4) is 0 Å². The quantitative estimate of drug-likeness (QED) is 0.302. The molecule has 0 amide bonds. The van der Waals surface area contributed by atoms with Gasteiger partial charge in [-0.3, -0.25) is 0 Å². The van der Waals surface area contributed by atoms with Crippen LogP contribution in [0.15, 0.2) is 72.8 Å². The van der Waals surface area contributed by atoms with Crippen LogP contribution in [0.5, 0.6) is 0 Å². The van der Waals surface area contributed by atoms with Gasteiger partial charge in [0.2, 0.25) is 0 Å². The molecule has 1 saturated carbocycles. The first-order valence-electron chi connectivity index (χ1n) is 12.7. The van der Waals surface area contributed by atoms with Crippen LogP contribution in [-0.4, -0.2) is 0 Å². The van der Waals surface area contributed by atoms with Gasteiger partial charge in [0.05, 0.1) is 0 Å². The van der Waals surface area contributed by atoms with Crippen LogP contribution in [-0.2, 0) is 12.8 Å². The summed E-state index contributed by atoms with van der Waals surface area (Å²) in [6, 6.07) is 15.8. The second kappa shape index (κ2) is 10.4. The van der Waals surface area contributed by atoms with Crippen molar-refractivity contribution in [3.63, 3.8) is 0 Å². The van der Waals surface area contributed by atoms with Crippen molar-refractivity contribution < 1.29 is 0 Å². The van der Waals surface area contributed by atoms with E-state index in [1.807, 2.05) is 0 Å². The molecule has 0 N–H and O–H groups in total. The van der Waals surface area contributed by atoms with Crippen LogP contribution >= 0.6 is 0 Å². The summed E-state index contributed by atoms with van der Waals surface area (Å²) < 4.78 is 0. The van der Waals surface area contributed by atoms with E-state index in [0.717, 1.165) is 17.9 Å². The summed E-state index contributed by atoms with van der Waals surface area (Å²) in [6.07, 6.45) is 19.9. The Kier molecular flexibility index (Phi) is 7.39. The normalized spacial score (nSPS) is 23.1. The van der Waals surface area contributed by atoms with Crippen LogP contribution < -0.4 is 0 Å². The Morgan fingerprint density at radius 1 is 1.09 bits per heavy atom. The summed E-state index contributed by atoms with van der Waals surface area (Å²) in [5.41, 5.74) is 9.42. The predicted octanol–water partition coefficient (Wildman–Crippen LogP) is 8.53. The largest absolute Gasteiger partial charge is 0.115 e. The van der Waals surface area contributed by atoms with E-state index in [9.17, 15) is 0 Å². The van der Waals surface area contributed by atoms with E-state index >= 15 is 0 Å². The topological polar surface area (TPSA) is 0 Å². The first kappa shape index (κ1) is 23.4. The number of hydrogen-bond donors (Lipinski definition) is 0. The van der Waals surface area contributed by atoms with Crippen LogP contribution in [0.4, 0.5) is 0 Å². The van der Waals surface area contributed by atoms with Crippen molar-refractivity contribution in [2.24, 2.45) is 17.8 Å². The molecule has 0 spiro atoms. The molecule has 2 aliphatic carbocycles. The molecule has 0 bridgehead atoms. The molecule has 0 aromatic heterocycles. The number of aryl methyl sites for hydroxylation is 1. The maximum Gasteiger partial charge on any atom is 0.0242 e. The molecule has 1 fully saturated rings. The molecule has 2 atom stereocenters. The van der Waals surface area contributed by atoms with Crippen molar-refractivity contribution in [1.29, 1.82) is 0 Å². The van der Waals surface area contributed by atoms with E-state index in [2.05, 4.69) is 94.0 Å². The Balaban J connectivity index is 1.46. The highest BCUT2D eigenvalue weighted by atomic mass is 14.3. The van der Waals surface area contributed by atoms with Crippen LogP contribution in [0, 0.1) is 30.1 Å². The van der Waals surface area contributed by atoms with Gasteiger partial charge in [-0.25, -0.2) is 0 Å². The Morgan fingerprint density at radius 2 is 1.82 bits per heavy atom. The summed E-state index contributed by atoms with van der Waals surface area (Å²) in [7, 11) is 0. The van der Waals surface area contributed by atoms with E-state index in [1.54, 1.807) is 0 Å². The van der Waals surface area contributed by atoms with Crippen LogP contribution in [0.2, 0.25) is 0 Å². The summed E-state index contributed by atoms with van der Waals surface area (Å²) in [5.74, 6) is 5.20. The van der Waals surface area contributed by atoms with E-state index in [0.29, 0.717) is 17.8 Å². The molecule has 2 aliphatic rings. The van der Waals surface area contributed by atoms with Crippen molar-refractivity contribution in [2.75, 3.05) is 0 Å². The summed E-state index contributed by atoms with van der Waals surface area (Å²) in [4.78, 5) is 0. The van der Waals surface area contributed by atoms with Crippen molar-refractivity contribution in [3.05, 3.63) is 101 Å². The van der Waals surface area contributed by atoms with E-state index in [-0.39, 0.29) is 0 Å². The first-order valence-corrected chi connectivity index (χ1v) is 12.7. The fourth-order valence-corrected chi connectivity index (χ4v) is 5.97. The fraction of sp³-hybridized carbons (Fsp3) is 0.394. The zero-order valence-corrected chi connectivity index (χ0v) is 20.6. The van der Waals surface area contributed by atoms with Gasteiger partial charge in [-0.15, -0.1) is 6.42 Å². The lowest BCUT2D eigenvalue weighted by atomic mass is 9.70. The Labute approximate surface area is 201 Å². The summed E-state index contributed by atoms with van der Waals surface area (Å²) in [5, 5.41) is 0. The molecule has 0 aliphatic heterocycles. The Morgan fingerprint density at radius 3 is 2.39 bits per heavy atom. The minimum atomic E-state index is 0.465. The second-order valence-corrected chi connectivity index (χ2v) is 10.3. The van der Waals surface area contributed by atoms with E-state index in [1.165, 1.54) is 65.5 Å². The lowest BCUT2D eigenvalue weighted by Gasteiger charge is -2.35. The number of hydrogen-bond acceptors (Lipinski definition) is 0.